The van der Waals surface area contributed by atoms with Gasteiger partial charge in [-0.15, -0.1) is 13.2 Å². The van der Waals surface area contributed by atoms with Crippen molar-refractivity contribution in [1.29, 1.82) is 0 Å². The zero-order valence-electron chi connectivity index (χ0n) is 16.2. The molecule has 0 fully saturated rings. The second-order valence-corrected chi connectivity index (χ2v) is 10.1. The number of rotatable bonds is 7. The van der Waals surface area contributed by atoms with Crippen molar-refractivity contribution in [3.8, 4) is 11.5 Å². The van der Waals surface area contributed by atoms with Gasteiger partial charge in [0.15, 0.2) is 9.84 Å². The summed E-state index contributed by atoms with van der Waals surface area (Å²) >= 11 is 0. The third-order valence-electron chi connectivity index (χ3n) is 4.97. The minimum Gasteiger partial charge on any atom is -0.489 e. The van der Waals surface area contributed by atoms with Gasteiger partial charge in [0, 0.05) is 5.56 Å². The summed E-state index contributed by atoms with van der Waals surface area (Å²) in [6.45, 7) is 3.30. The zero-order valence-corrected chi connectivity index (χ0v) is 17.0. The van der Waals surface area contributed by atoms with Crippen molar-refractivity contribution < 1.29 is 31.1 Å². The smallest absolute Gasteiger partial charge is 0.489 e. The van der Waals surface area contributed by atoms with Crippen molar-refractivity contribution in [2.45, 2.75) is 44.9 Å². The minimum atomic E-state index is -4.77. The summed E-state index contributed by atoms with van der Waals surface area (Å²) in [5.74, 6) is 0.420. The third kappa shape index (κ3) is 5.65. The highest BCUT2D eigenvalue weighted by molar-refractivity contribution is 7.91. The van der Waals surface area contributed by atoms with Gasteiger partial charge in [0.05, 0.1) is 11.0 Å². The van der Waals surface area contributed by atoms with Crippen LogP contribution in [0, 0.1) is 5.92 Å². The molecule has 3 rings (SSSR count). The Morgan fingerprint density at radius 2 is 1.76 bits per heavy atom. The number of hydrogen-bond donors (Lipinski definition) is 0. The number of halogens is 3. The predicted octanol–water partition coefficient (Wildman–Crippen LogP) is 4.70. The maximum absolute atomic E-state index is 12.5. The van der Waals surface area contributed by atoms with Crippen LogP contribution in [0.15, 0.2) is 42.5 Å². The first kappa shape index (κ1) is 21.5. The lowest BCUT2D eigenvalue weighted by Gasteiger charge is -2.14. The van der Waals surface area contributed by atoms with E-state index in [0.29, 0.717) is 18.6 Å². The highest BCUT2D eigenvalue weighted by Gasteiger charge is 2.32. The molecule has 0 N–H and O–H groups in total. The average molecular weight is 428 g/mol. The van der Waals surface area contributed by atoms with Crippen LogP contribution in [-0.4, -0.2) is 25.8 Å². The summed E-state index contributed by atoms with van der Waals surface area (Å²) in [6.07, 6.45) is -3.43. The van der Waals surface area contributed by atoms with Crippen LogP contribution < -0.4 is 9.47 Å². The Bertz CT molecular complexity index is 968. The molecule has 1 aliphatic rings. The van der Waals surface area contributed by atoms with Gasteiger partial charge in [-0.2, -0.15) is 0 Å². The lowest BCUT2D eigenvalue weighted by molar-refractivity contribution is -0.275. The highest BCUT2D eigenvalue weighted by Crippen LogP contribution is 2.32. The molecule has 0 bridgehead atoms. The number of fused-ring (bicyclic) bond motifs is 1. The van der Waals surface area contributed by atoms with E-state index in [0.717, 1.165) is 11.1 Å². The SMILES string of the molecule is CC(C)S(=O)(=O)C[C@H]1Cc2ccc(OCc3ccccc3OC(F)(F)F)cc2C1. The minimum absolute atomic E-state index is 0.0357. The lowest BCUT2D eigenvalue weighted by Crippen LogP contribution is -2.23. The molecule has 0 aromatic heterocycles. The van der Waals surface area contributed by atoms with E-state index in [1.807, 2.05) is 12.1 Å². The Hall–Kier alpha value is -2.22. The van der Waals surface area contributed by atoms with Crippen LogP contribution in [-0.2, 0) is 29.3 Å². The van der Waals surface area contributed by atoms with E-state index in [9.17, 15) is 21.6 Å². The van der Waals surface area contributed by atoms with Gasteiger partial charge in [0.2, 0.25) is 0 Å². The summed E-state index contributed by atoms with van der Waals surface area (Å²) in [4.78, 5) is 0. The summed E-state index contributed by atoms with van der Waals surface area (Å²) in [6, 6.07) is 11.3. The molecule has 0 amide bonds. The molecule has 0 aliphatic heterocycles. The largest absolute Gasteiger partial charge is 0.573 e. The van der Waals surface area contributed by atoms with Gasteiger partial charge in [-0.05, 0) is 61.9 Å². The molecule has 29 heavy (non-hydrogen) atoms. The number of sulfone groups is 1. The van der Waals surface area contributed by atoms with E-state index in [1.165, 1.54) is 18.2 Å². The third-order valence-corrected chi connectivity index (χ3v) is 7.35. The molecular formula is C21H23F3O4S. The summed E-state index contributed by atoms with van der Waals surface area (Å²) in [7, 11) is -3.11. The Morgan fingerprint density at radius 1 is 1.07 bits per heavy atom. The van der Waals surface area contributed by atoms with Gasteiger partial charge in [0.25, 0.3) is 0 Å². The van der Waals surface area contributed by atoms with E-state index >= 15 is 0 Å². The van der Waals surface area contributed by atoms with Gasteiger partial charge < -0.3 is 9.47 Å². The summed E-state index contributed by atoms with van der Waals surface area (Å²) in [5, 5.41) is -0.399. The molecule has 2 aromatic rings. The highest BCUT2D eigenvalue weighted by atomic mass is 32.2. The molecule has 0 unspecified atom stereocenters. The monoisotopic (exact) mass is 428 g/mol. The Balaban J connectivity index is 1.66. The second-order valence-electron chi connectivity index (χ2n) is 7.53. The molecule has 0 saturated heterocycles. The lowest BCUT2D eigenvalue weighted by atomic mass is 10.1. The number of alkyl halides is 3. The standard InChI is InChI=1S/C21H23F3O4S/c1-14(2)29(25,26)13-15-9-16-7-8-19(11-18(16)10-15)27-12-17-5-3-4-6-20(17)28-21(22,23)24/h3-8,11,14-15H,9-10,12-13H2,1-2H3/t15-/m0/s1. The van der Waals surface area contributed by atoms with Crippen molar-refractivity contribution in [2.75, 3.05) is 5.75 Å². The van der Waals surface area contributed by atoms with E-state index in [-0.39, 0.29) is 29.6 Å². The number of hydrogen-bond acceptors (Lipinski definition) is 4. The first-order valence-corrected chi connectivity index (χ1v) is 11.0. The van der Waals surface area contributed by atoms with Crippen LogP contribution in [0.2, 0.25) is 0 Å². The topological polar surface area (TPSA) is 52.6 Å². The molecular weight excluding hydrogens is 405 g/mol. The molecule has 158 valence electrons. The van der Waals surface area contributed by atoms with Crippen molar-refractivity contribution in [3.63, 3.8) is 0 Å². The fourth-order valence-electron chi connectivity index (χ4n) is 3.42. The molecule has 0 saturated carbocycles. The van der Waals surface area contributed by atoms with Gasteiger partial charge in [0.1, 0.15) is 18.1 Å². The normalized spacial score (nSPS) is 16.7. The zero-order chi connectivity index (χ0) is 21.2. The maximum Gasteiger partial charge on any atom is 0.573 e. The molecule has 4 nitrogen and oxygen atoms in total. The predicted molar refractivity (Wildman–Crippen MR) is 104 cm³/mol. The number of ether oxygens (including phenoxy) is 2. The fourth-order valence-corrected chi connectivity index (χ4v) is 4.70. The molecule has 1 atom stereocenters. The van der Waals surface area contributed by atoms with Crippen molar-refractivity contribution in [3.05, 3.63) is 59.2 Å². The molecule has 8 heteroatoms. The first-order chi connectivity index (χ1) is 13.5. The van der Waals surface area contributed by atoms with Crippen LogP contribution in [0.4, 0.5) is 13.2 Å². The molecule has 0 heterocycles. The first-order valence-electron chi connectivity index (χ1n) is 9.33. The Labute approximate surface area is 168 Å². The van der Waals surface area contributed by atoms with Gasteiger partial charge in [-0.1, -0.05) is 24.3 Å². The van der Waals surface area contributed by atoms with Crippen molar-refractivity contribution in [1.82, 2.24) is 0 Å². The molecule has 2 aromatic carbocycles. The van der Waals surface area contributed by atoms with Gasteiger partial charge >= 0.3 is 6.36 Å². The maximum atomic E-state index is 12.5. The van der Waals surface area contributed by atoms with Crippen LogP contribution in [0.3, 0.4) is 0 Å². The van der Waals surface area contributed by atoms with Crippen molar-refractivity contribution >= 4 is 9.84 Å². The van der Waals surface area contributed by atoms with Crippen LogP contribution >= 0.6 is 0 Å². The van der Waals surface area contributed by atoms with Crippen LogP contribution in [0.5, 0.6) is 11.5 Å². The quantitative estimate of drug-likeness (QED) is 0.641. The second kappa shape index (κ2) is 8.26. The fraction of sp³-hybridized carbons (Fsp3) is 0.429. The van der Waals surface area contributed by atoms with E-state index in [4.69, 9.17) is 4.74 Å². The molecule has 0 spiro atoms. The molecule has 0 radical (unpaired) electrons. The number of para-hydroxylation sites is 1. The van der Waals surface area contributed by atoms with Gasteiger partial charge in [-0.3, -0.25) is 0 Å². The Kier molecular flexibility index (Phi) is 6.12. The Morgan fingerprint density at radius 3 is 2.45 bits per heavy atom. The van der Waals surface area contributed by atoms with E-state index < -0.39 is 21.4 Å². The number of benzene rings is 2. The van der Waals surface area contributed by atoms with Crippen LogP contribution in [0.1, 0.15) is 30.5 Å². The summed E-state index contributed by atoms with van der Waals surface area (Å²) < 4.78 is 71.7. The van der Waals surface area contributed by atoms with Crippen LogP contribution in [0.25, 0.3) is 0 Å². The van der Waals surface area contributed by atoms with E-state index in [1.54, 1.807) is 26.0 Å². The van der Waals surface area contributed by atoms with E-state index in [2.05, 4.69) is 4.74 Å². The van der Waals surface area contributed by atoms with Gasteiger partial charge in [-0.25, -0.2) is 8.42 Å². The average Bonchev–Trinajstić information content (AvgIpc) is 3.00. The summed E-state index contributed by atoms with van der Waals surface area (Å²) in [5.41, 5.74) is 2.39. The molecule has 1 aliphatic carbocycles. The van der Waals surface area contributed by atoms with Crippen molar-refractivity contribution in [2.24, 2.45) is 5.92 Å².